The number of nitrogens with zero attached hydrogens (tertiary/aromatic N) is 5. The van der Waals surface area contributed by atoms with Gasteiger partial charge in [-0.3, -0.25) is 4.98 Å². The maximum Gasteiger partial charge on any atom is 0.434 e. The molecule has 0 bridgehead atoms. The van der Waals surface area contributed by atoms with Gasteiger partial charge in [0, 0.05) is 17.3 Å². The van der Waals surface area contributed by atoms with Crippen LogP contribution < -0.4 is 0 Å². The topological polar surface area (TPSA) is 72.5 Å². The zero-order chi connectivity index (χ0) is 19.9. The van der Waals surface area contributed by atoms with Crippen LogP contribution in [0.3, 0.4) is 0 Å². The summed E-state index contributed by atoms with van der Waals surface area (Å²) in [6.07, 6.45) is -1.91. The summed E-state index contributed by atoms with van der Waals surface area (Å²) in [6.45, 7) is 1.77. The third kappa shape index (κ3) is 3.11. The van der Waals surface area contributed by atoms with Gasteiger partial charge < -0.3 is 0 Å². The molecule has 0 amide bonds. The highest BCUT2D eigenvalue weighted by Gasteiger charge is 2.35. The number of pyridine rings is 1. The quantitative estimate of drug-likeness (QED) is 0.457. The molecule has 0 spiro atoms. The lowest BCUT2D eigenvalue weighted by Gasteiger charge is -2.10. The maximum atomic E-state index is 13.2. The van der Waals surface area contributed by atoms with Crippen molar-refractivity contribution in [2.45, 2.75) is 13.1 Å². The van der Waals surface area contributed by atoms with Gasteiger partial charge in [0.05, 0.1) is 17.6 Å². The number of benzene rings is 1. The van der Waals surface area contributed by atoms with Crippen molar-refractivity contribution in [1.29, 1.82) is 0 Å². The van der Waals surface area contributed by atoms with E-state index in [1.807, 2.05) is 0 Å². The van der Waals surface area contributed by atoms with Crippen molar-refractivity contribution in [3.8, 4) is 22.5 Å². The molecule has 3 heterocycles. The molecule has 0 unspecified atom stereocenters. The molecule has 0 radical (unpaired) electrons. The molecular weight excluding hydrogens is 371 g/mol. The van der Waals surface area contributed by atoms with Gasteiger partial charge in [-0.1, -0.05) is 12.1 Å². The summed E-state index contributed by atoms with van der Waals surface area (Å²) in [5, 5.41) is 7.24. The van der Waals surface area contributed by atoms with Crippen molar-refractivity contribution < 1.29 is 13.2 Å². The van der Waals surface area contributed by atoms with Gasteiger partial charge >= 0.3 is 6.18 Å². The molecule has 0 aliphatic rings. The second-order valence-corrected chi connectivity index (χ2v) is 6.14. The molecule has 0 atom stereocenters. The Morgan fingerprint density at radius 1 is 1.07 bits per heavy atom. The van der Waals surface area contributed by atoms with E-state index in [9.17, 15) is 18.1 Å². The van der Waals surface area contributed by atoms with Gasteiger partial charge in [0.15, 0.2) is 11.3 Å². The van der Waals surface area contributed by atoms with Gasteiger partial charge in [-0.15, -0.1) is 4.91 Å². The molecule has 0 saturated carbocycles. The Morgan fingerprint density at radius 3 is 2.64 bits per heavy atom. The van der Waals surface area contributed by atoms with E-state index in [0.717, 1.165) is 11.8 Å². The van der Waals surface area contributed by atoms with E-state index in [1.54, 1.807) is 37.4 Å². The Balaban J connectivity index is 1.81. The molecule has 3 aromatic heterocycles. The van der Waals surface area contributed by atoms with Crippen LogP contribution in [0.25, 0.3) is 28.2 Å². The number of hydrogen-bond donors (Lipinski definition) is 0. The summed E-state index contributed by atoms with van der Waals surface area (Å²) >= 11 is 0. The fourth-order valence-electron chi connectivity index (χ4n) is 2.87. The van der Waals surface area contributed by atoms with Crippen LogP contribution in [0, 0.1) is 11.8 Å². The molecule has 0 saturated heterocycles. The van der Waals surface area contributed by atoms with Crippen molar-refractivity contribution in [3.63, 3.8) is 0 Å². The average Bonchev–Trinajstić information content (AvgIpc) is 3.11. The third-order valence-corrected chi connectivity index (χ3v) is 4.28. The number of nitroso groups, excluding NO2 is 1. The lowest BCUT2D eigenvalue weighted by atomic mass is 10.1. The summed E-state index contributed by atoms with van der Waals surface area (Å²) in [7, 11) is 0. The highest BCUT2D eigenvalue weighted by molar-refractivity contribution is 5.69. The number of aromatic nitrogens is 4. The molecule has 0 fully saturated rings. The van der Waals surface area contributed by atoms with E-state index in [-0.39, 0.29) is 11.3 Å². The van der Waals surface area contributed by atoms with Gasteiger partial charge in [-0.25, -0.2) is 9.50 Å². The minimum Gasteiger partial charge on any atom is -0.251 e. The highest BCUT2D eigenvalue weighted by Crippen LogP contribution is 2.34. The molecule has 1 aromatic carbocycles. The minimum atomic E-state index is -4.59. The van der Waals surface area contributed by atoms with Gasteiger partial charge in [0.25, 0.3) is 0 Å². The van der Waals surface area contributed by atoms with Crippen LogP contribution in [0.5, 0.6) is 0 Å². The number of hydrogen-bond acceptors (Lipinski definition) is 5. The molecule has 28 heavy (non-hydrogen) atoms. The van der Waals surface area contributed by atoms with Crippen molar-refractivity contribution in [1.82, 2.24) is 19.6 Å². The fraction of sp³-hybridized carbons (Fsp3) is 0.105. The number of imidazole rings is 1. The molecule has 4 aromatic rings. The van der Waals surface area contributed by atoms with Gasteiger partial charge in [0.1, 0.15) is 5.69 Å². The zero-order valence-corrected chi connectivity index (χ0v) is 14.5. The SMILES string of the molecule is Cc1ccc(-c2cn3nc(-c4cccnc4C(F)(F)F)ccc3n2)cc1N=O. The van der Waals surface area contributed by atoms with Gasteiger partial charge in [0.2, 0.25) is 0 Å². The standard InChI is InChI=1S/C19H12F3N5O/c1-11-4-5-12(9-15(11)26-28)16-10-27-17(24-16)7-6-14(25-27)13-3-2-8-23-18(13)19(20,21)22/h2-10H,1H3. The van der Waals surface area contributed by atoms with E-state index in [0.29, 0.717) is 22.6 Å². The van der Waals surface area contributed by atoms with E-state index in [1.165, 1.54) is 22.7 Å². The zero-order valence-electron chi connectivity index (χ0n) is 14.5. The molecule has 6 nitrogen and oxygen atoms in total. The fourth-order valence-corrected chi connectivity index (χ4v) is 2.87. The van der Waals surface area contributed by atoms with Crippen LogP contribution in [0.15, 0.2) is 60.0 Å². The second-order valence-electron chi connectivity index (χ2n) is 6.14. The number of aryl methyl sites for hydroxylation is 1. The predicted molar refractivity (Wildman–Crippen MR) is 96.8 cm³/mol. The van der Waals surface area contributed by atoms with Crippen LogP contribution in [0.2, 0.25) is 0 Å². The summed E-state index contributed by atoms with van der Waals surface area (Å²) in [6, 6.07) is 10.9. The first-order valence-corrected chi connectivity index (χ1v) is 8.20. The molecule has 0 N–H and O–H groups in total. The molecule has 9 heteroatoms. The average molecular weight is 383 g/mol. The first-order valence-electron chi connectivity index (χ1n) is 8.20. The van der Waals surface area contributed by atoms with Gasteiger partial charge in [-0.05, 0) is 48.0 Å². The van der Waals surface area contributed by atoms with E-state index >= 15 is 0 Å². The Kier molecular flexibility index (Phi) is 4.14. The first-order chi connectivity index (χ1) is 13.4. The number of alkyl halides is 3. The molecule has 140 valence electrons. The lowest BCUT2D eigenvalue weighted by molar-refractivity contribution is -0.140. The number of rotatable bonds is 3. The summed E-state index contributed by atoms with van der Waals surface area (Å²) in [5.41, 5.74) is 1.68. The maximum absolute atomic E-state index is 13.2. The number of fused-ring (bicyclic) bond motifs is 1. The smallest absolute Gasteiger partial charge is 0.251 e. The van der Waals surface area contributed by atoms with Crippen LogP contribution >= 0.6 is 0 Å². The minimum absolute atomic E-state index is 0.116. The van der Waals surface area contributed by atoms with Crippen LogP contribution in [-0.4, -0.2) is 19.6 Å². The second kappa shape index (κ2) is 6.52. The predicted octanol–water partition coefficient (Wildman–Crippen LogP) is 5.18. The molecule has 0 aliphatic heterocycles. The third-order valence-electron chi connectivity index (χ3n) is 4.28. The van der Waals surface area contributed by atoms with Crippen molar-refractivity contribution >= 4 is 11.3 Å². The monoisotopic (exact) mass is 383 g/mol. The van der Waals surface area contributed by atoms with E-state index < -0.39 is 11.9 Å². The van der Waals surface area contributed by atoms with Crippen molar-refractivity contribution in [2.75, 3.05) is 0 Å². The molecule has 0 aliphatic carbocycles. The summed E-state index contributed by atoms with van der Waals surface area (Å²) in [5.74, 6) is 0. The van der Waals surface area contributed by atoms with Crippen molar-refractivity contribution in [2.24, 2.45) is 5.18 Å². The Labute approximate surface area is 156 Å². The highest BCUT2D eigenvalue weighted by atomic mass is 19.4. The first kappa shape index (κ1) is 17.8. The molecular formula is C19H12F3N5O. The van der Waals surface area contributed by atoms with Crippen LogP contribution in [0.4, 0.5) is 18.9 Å². The van der Waals surface area contributed by atoms with E-state index in [4.69, 9.17) is 0 Å². The van der Waals surface area contributed by atoms with Gasteiger partial charge in [-0.2, -0.15) is 18.3 Å². The summed E-state index contributed by atoms with van der Waals surface area (Å²) in [4.78, 5) is 18.8. The Bertz CT molecular complexity index is 1200. The van der Waals surface area contributed by atoms with Crippen molar-refractivity contribution in [3.05, 3.63) is 71.0 Å². The Morgan fingerprint density at radius 2 is 1.89 bits per heavy atom. The largest absolute Gasteiger partial charge is 0.434 e. The van der Waals surface area contributed by atoms with E-state index in [2.05, 4.69) is 20.2 Å². The Hall–Kier alpha value is -3.62. The number of halogens is 3. The van der Waals surface area contributed by atoms with Crippen LogP contribution in [-0.2, 0) is 6.18 Å². The van der Waals surface area contributed by atoms with Crippen LogP contribution in [0.1, 0.15) is 11.3 Å². The summed E-state index contributed by atoms with van der Waals surface area (Å²) < 4.78 is 41.1. The lowest BCUT2D eigenvalue weighted by Crippen LogP contribution is -2.10. The normalized spacial score (nSPS) is 11.7. The molecule has 4 rings (SSSR count).